The number of hydrogen-bond donors (Lipinski definition) is 0. The molecular formula is C19H19ClMn-4. The first-order valence-corrected chi connectivity index (χ1v) is 5.73. The summed E-state index contributed by atoms with van der Waals surface area (Å²) in [4.78, 5) is 0. The fraction of sp³-hybridized carbons (Fsp3) is 0. The van der Waals surface area contributed by atoms with E-state index < -0.39 is 0 Å². The van der Waals surface area contributed by atoms with Crippen LogP contribution in [0.25, 0.3) is 0 Å². The third-order valence-corrected chi connectivity index (χ3v) is 1.82. The Kier molecular flexibility index (Phi) is 24.2. The number of halogens is 1. The number of hydrogen-bond acceptors (Lipinski definition) is 0. The van der Waals surface area contributed by atoms with Gasteiger partial charge in [-0.2, -0.15) is 109 Å². The third kappa shape index (κ3) is 18.5. The van der Waals surface area contributed by atoms with Gasteiger partial charge in [0.15, 0.2) is 0 Å². The molecule has 0 N–H and O–H groups in total. The topological polar surface area (TPSA) is 0 Å². The average Bonchev–Trinajstić information content (AvgIpc) is 2.54. The van der Waals surface area contributed by atoms with Gasteiger partial charge >= 0.3 is 0 Å². The van der Waals surface area contributed by atoms with Crippen molar-refractivity contribution in [1.29, 1.82) is 0 Å². The van der Waals surface area contributed by atoms with Gasteiger partial charge in [-0.05, 0) is 0 Å². The summed E-state index contributed by atoms with van der Waals surface area (Å²) in [5, 5.41) is 0. The van der Waals surface area contributed by atoms with Crippen LogP contribution in [0.15, 0.2) is 91.0 Å². The van der Waals surface area contributed by atoms with Crippen LogP contribution in [0.1, 0.15) is 0 Å². The van der Waals surface area contributed by atoms with Gasteiger partial charge in [0.05, 0.1) is 0 Å². The van der Waals surface area contributed by atoms with Crippen molar-refractivity contribution in [2.75, 3.05) is 0 Å². The van der Waals surface area contributed by atoms with Crippen LogP contribution in [-0.4, -0.2) is 0 Å². The summed E-state index contributed by atoms with van der Waals surface area (Å²) in [7, 11) is 0. The summed E-state index contributed by atoms with van der Waals surface area (Å²) >= 11 is 0. The summed E-state index contributed by atoms with van der Waals surface area (Å²) in [6.07, 6.45) is 0. The first-order chi connectivity index (χ1) is 9.00. The Bertz CT molecular complexity index is 302. The molecule has 0 bridgehead atoms. The summed E-state index contributed by atoms with van der Waals surface area (Å²) < 4.78 is 0. The van der Waals surface area contributed by atoms with E-state index in [1.165, 1.54) is 0 Å². The van der Waals surface area contributed by atoms with Gasteiger partial charge in [0.25, 0.3) is 0 Å². The molecule has 0 fully saturated rings. The maximum absolute atomic E-state index is 2.89. The second kappa shape index (κ2) is 20.8. The van der Waals surface area contributed by atoms with Crippen molar-refractivity contribution in [2.24, 2.45) is 0 Å². The quantitative estimate of drug-likeness (QED) is 0.384. The Labute approximate surface area is 146 Å². The van der Waals surface area contributed by atoms with Gasteiger partial charge in [0.1, 0.15) is 0 Å². The van der Waals surface area contributed by atoms with Gasteiger partial charge in [-0.1, -0.05) is 0 Å². The molecule has 0 aliphatic heterocycles. The fourth-order valence-corrected chi connectivity index (χ4v) is 1.03. The molecule has 0 saturated carbocycles. The molecule has 0 nitrogen and oxygen atoms in total. The number of benzene rings is 3. The molecule has 0 aliphatic rings. The molecule has 0 saturated heterocycles. The smallest absolute Gasteiger partial charge is 0 e. The molecule has 21 heavy (non-hydrogen) atoms. The van der Waals surface area contributed by atoms with Crippen molar-refractivity contribution < 1.29 is 17.1 Å². The summed E-state index contributed by atoms with van der Waals surface area (Å²) in [5.41, 5.74) is 0. The molecule has 0 aromatic heterocycles. The fourth-order valence-electron chi connectivity index (χ4n) is 1.03. The molecule has 3 rings (SSSR count). The van der Waals surface area contributed by atoms with Crippen LogP contribution in [0.2, 0.25) is 0 Å². The molecule has 0 amide bonds. The molecule has 0 unspecified atom stereocenters. The van der Waals surface area contributed by atoms with Crippen molar-refractivity contribution in [2.45, 2.75) is 0 Å². The van der Waals surface area contributed by atoms with Gasteiger partial charge in [-0.15, -0.1) is 12.4 Å². The van der Waals surface area contributed by atoms with Crippen molar-refractivity contribution in [3.63, 3.8) is 0 Å². The zero-order valence-electron chi connectivity index (χ0n) is 11.9. The first-order valence-electron chi connectivity index (χ1n) is 5.73. The SMILES string of the molecule is Cl.[CH3-].[Mn].[c-]1ccccc1.[c-]1ccccc1.[c-]1ccccc1. The van der Waals surface area contributed by atoms with Crippen LogP contribution >= 0.6 is 12.4 Å². The Morgan fingerprint density at radius 3 is 0.619 bits per heavy atom. The molecule has 2 heteroatoms. The maximum atomic E-state index is 2.89. The van der Waals surface area contributed by atoms with E-state index in [9.17, 15) is 0 Å². The predicted molar refractivity (Wildman–Crippen MR) is 89.5 cm³/mol. The second-order valence-electron chi connectivity index (χ2n) is 3.23. The van der Waals surface area contributed by atoms with Gasteiger partial charge < -0.3 is 7.43 Å². The molecule has 0 heterocycles. The molecule has 3 aromatic carbocycles. The molecule has 1 radical (unpaired) electrons. The van der Waals surface area contributed by atoms with Crippen molar-refractivity contribution >= 4 is 12.4 Å². The molecule has 3 aromatic rings. The van der Waals surface area contributed by atoms with Gasteiger partial charge in [-0.3, -0.25) is 0 Å². The summed E-state index contributed by atoms with van der Waals surface area (Å²) in [6, 6.07) is 37.5. The van der Waals surface area contributed by atoms with E-state index in [2.05, 4.69) is 18.2 Å². The zero-order valence-corrected chi connectivity index (χ0v) is 13.9. The van der Waals surface area contributed by atoms with Crippen LogP contribution in [0, 0.1) is 25.6 Å². The minimum Gasteiger partial charge on any atom is -0.358 e. The van der Waals surface area contributed by atoms with E-state index >= 15 is 0 Å². The third-order valence-electron chi connectivity index (χ3n) is 1.82. The van der Waals surface area contributed by atoms with Crippen molar-refractivity contribution in [3.05, 3.63) is 117 Å². The van der Waals surface area contributed by atoms with E-state index in [0.29, 0.717) is 0 Å². The van der Waals surface area contributed by atoms with Crippen LogP contribution in [0.3, 0.4) is 0 Å². The maximum Gasteiger partial charge on any atom is 0 e. The second-order valence-corrected chi connectivity index (χ2v) is 3.23. The molecule has 0 aliphatic carbocycles. The van der Waals surface area contributed by atoms with E-state index in [4.69, 9.17) is 0 Å². The van der Waals surface area contributed by atoms with E-state index in [1.807, 2.05) is 91.0 Å². The average molecular weight is 338 g/mol. The predicted octanol–water partition coefficient (Wildman–Crippen LogP) is 5.33. The van der Waals surface area contributed by atoms with E-state index in [1.54, 1.807) is 0 Å². The van der Waals surface area contributed by atoms with Gasteiger partial charge in [0.2, 0.25) is 0 Å². The standard InChI is InChI=1S/3C6H5.CH3.ClH.Mn/c3*1-2-4-6-5-3-1;;;/h3*1-5H;1H3;1H;/q4*-1;;. The number of rotatable bonds is 0. The normalized spacial score (nSPS) is 6.86. The van der Waals surface area contributed by atoms with E-state index in [-0.39, 0.29) is 36.9 Å². The van der Waals surface area contributed by atoms with Crippen molar-refractivity contribution in [1.82, 2.24) is 0 Å². The Morgan fingerprint density at radius 2 is 0.571 bits per heavy atom. The minimum atomic E-state index is 0. The molecular weight excluding hydrogens is 319 g/mol. The van der Waals surface area contributed by atoms with Crippen LogP contribution in [-0.2, 0) is 17.1 Å². The van der Waals surface area contributed by atoms with Gasteiger partial charge in [0, 0.05) is 17.1 Å². The molecule has 0 atom stereocenters. The van der Waals surface area contributed by atoms with Crippen LogP contribution < -0.4 is 0 Å². The van der Waals surface area contributed by atoms with Gasteiger partial charge in [-0.25, -0.2) is 0 Å². The molecule has 0 spiro atoms. The first kappa shape index (κ1) is 24.5. The summed E-state index contributed by atoms with van der Waals surface area (Å²) in [6.45, 7) is 0. The van der Waals surface area contributed by atoms with Crippen LogP contribution in [0.4, 0.5) is 0 Å². The Balaban J connectivity index is -0.000000216. The molecule has 113 valence electrons. The largest absolute Gasteiger partial charge is 0.358 e. The minimum absolute atomic E-state index is 0. The monoisotopic (exact) mass is 337 g/mol. The van der Waals surface area contributed by atoms with Crippen molar-refractivity contribution in [3.8, 4) is 0 Å². The Morgan fingerprint density at radius 1 is 0.381 bits per heavy atom. The zero-order chi connectivity index (χ0) is 12.7. The van der Waals surface area contributed by atoms with E-state index in [0.717, 1.165) is 0 Å². The van der Waals surface area contributed by atoms with Crippen LogP contribution in [0.5, 0.6) is 0 Å². The Hall–Kier alpha value is -1.53. The summed E-state index contributed by atoms with van der Waals surface area (Å²) in [5.74, 6) is 0.